The van der Waals surface area contributed by atoms with Crippen LogP contribution in [0.25, 0.3) is 0 Å². The lowest BCUT2D eigenvalue weighted by Crippen LogP contribution is -2.24. The Bertz CT molecular complexity index is 529. The van der Waals surface area contributed by atoms with Gasteiger partial charge in [0.25, 0.3) is 0 Å². The van der Waals surface area contributed by atoms with Crippen molar-refractivity contribution < 1.29 is 8.42 Å². The monoisotopic (exact) mass is 331 g/mol. The molecule has 5 nitrogen and oxygen atoms in total. The number of hydrogen-bond donors (Lipinski definition) is 2. The predicted molar refractivity (Wildman–Crippen MR) is 88.5 cm³/mol. The van der Waals surface area contributed by atoms with Crippen LogP contribution in [0.15, 0.2) is 0 Å². The summed E-state index contributed by atoms with van der Waals surface area (Å²) in [4.78, 5) is 5.67. The Hall–Kier alpha value is -0.660. The molecule has 1 aliphatic rings. The van der Waals surface area contributed by atoms with E-state index in [0.29, 0.717) is 17.6 Å². The molecule has 0 radical (unpaired) electrons. The van der Waals surface area contributed by atoms with Gasteiger partial charge in [0.1, 0.15) is 0 Å². The quantitative estimate of drug-likeness (QED) is 0.718. The number of nitrogens with zero attached hydrogens (tertiary/aromatic N) is 1. The van der Waals surface area contributed by atoms with E-state index in [2.05, 4.69) is 28.9 Å². The third-order valence-corrected chi connectivity index (χ3v) is 6.01. The second-order valence-electron chi connectivity index (χ2n) is 5.83. The first-order valence-corrected chi connectivity index (χ1v) is 10.2. The van der Waals surface area contributed by atoms with Gasteiger partial charge in [-0.3, -0.25) is 4.72 Å². The Morgan fingerprint density at radius 1 is 1.24 bits per heavy atom. The number of aromatic nitrogens is 1. The average Bonchev–Trinajstić information content (AvgIpc) is 2.78. The van der Waals surface area contributed by atoms with Gasteiger partial charge in [-0.1, -0.05) is 13.8 Å². The molecule has 0 fully saturated rings. The summed E-state index contributed by atoms with van der Waals surface area (Å²) in [5, 5.41) is 3.83. The molecule has 0 saturated carbocycles. The van der Waals surface area contributed by atoms with Gasteiger partial charge in [-0.05, 0) is 45.1 Å². The summed E-state index contributed by atoms with van der Waals surface area (Å²) in [5.41, 5.74) is 1.09. The number of rotatable bonds is 8. The largest absolute Gasteiger partial charge is 0.315 e. The molecule has 7 heteroatoms. The number of thiazole rings is 1. The Morgan fingerprint density at radius 3 is 2.71 bits per heavy atom. The van der Waals surface area contributed by atoms with Crippen LogP contribution in [0.5, 0.6) is 0 Å². The normalized spacial score (nSPS) is 15.2. The number of hydrogen-bond acceptors (Lipinski definition) is 5. The van der Waals surface area contributed by atoms with Crippen molar-refractivity contribution in [2.24, 2.45) is 0 Å². The molecule has 2 rings (SSSR count). The van der Waals surface area contributed by atoms with Crippen molar-refractivity contribution >= 4 is 26.5 Å². The minimum Gasteiger partial charge on any atom is -0.315 e. The van der Waals surface area contributed by atoms with Gasteiger partial charge in [0.05, 0.1) is 11.4 Å². The van der Waals surface area contributed by atoms with Crippen LogP contribution < -0.4 is 10.0 Å². The molecule has 0 saturated heterocycles. The Balaban J connectivity index is 1.79. The van der Waals surface area contributed by atoms with E-state index in [1.807, 2.05) is 0 Å². The second-order valence-corrected chi connectivity index (χ2v) is 8.76. The number of aryl methyl sites for hydroxylation is 2. The second kappa shape index (κ2) is 7.56. The zero-order valence-corrected chi connectivity index (χ0v) is 14.4. The van der Waals surface area contributed by atoms with Gasteiger partial charge in [-0.2, -0.15) is 0 Å². The van der Waals surface area contributed by atoms with Gasteiger partial charge in [-0.15, -0.1) is 11.3 Å². The maximum absolute atomic E-state index is 12.0. The van der Waals surface area contributed by atoms with Crippen molar-refractivity contribution in [1.82, 2.24) is 10.3 Å². The molecule has 0 aliphatic heterocycles. The molecule has 2 N–H and O–H groups in total. The Morgan fingerprint density at radius 2 is 2.00 bits per heavy atom. The molecule has 1 heterocycles. The van der Waals surface area contributed by atoms with E-state index in [1.165, 1.54) is 22.6 Å². The van der Waals surface area contributed by atoms with E-state index in [0.717, 1.165) is 37.9 Å². The smallest absolute Gasteiger partial charge is 0.234 e. The van der Waals surface area contributed by atoms with Crippen molar-refractivity contribution in [3.63, 3.8) is 0 Å². The highest BCUT2D eigenvalue weighted by Gasteiger charge is 2.18. The van der Waals surface area contributed by atoms with Crippen LogP contribution in [0.2, 0.25) is 0 Å². The Kier molecular flexibility index (Phi) is 6.01. The molecule has 0 spiro atoms. The molecule has 1 aromatic rings. The first-order valence-electron chi connectivity index (χ1n) is 7.69. The van der Waals surface area contributed by atoms with Gasteiger partial charge in [0, 0.05) is 10.9 Å². The van der Waals surface area contributed by atoms with Gasteiger partial charge >= 0.3 is 0 Å². The summed E-state index contributed by atoms with van der Waals surface area (Å²) in [7, 11) is -3.26. The zero-order chi connectivity index (χ0) is 15.3. The molecule has 1 aliphatic carbocycles. The van der Waals surface area contributed by atoms with E-state index in [1.54, 1.807) is 0 Å². The van der Waals surface area contributed by atoms with Gasteiger partial charge in [-0.25, -0.2) is 13.4 Å². The first kappa shape index (κ1) is 16.7. The van der Waals surface area contributed by atoms with Gasteiger partial charge in [0.15, 0.2) is 5.13 Å². The molecular formula is C14H25N3O2S2. The maximum atomic E-state index is 12.0. The molecule has 0 aromatic carbocycles. The first-order chi connectivity index (χ1) is 9.96. The minimum absolute atomic E-state index is 0.164. The summed E-state index contributed by atoms with van der Waals surface area (Å²) in [6.45, 7) is 5.03. The molecule has 0 bridgehead atoms. The highest BCUT2D eigenvalue weighted by molar-refractivity contribution is 7.92. The van der Waals surface area contributed by atoms with Crippen LogP contribution in [-0.4, -0.2) is 31.7 Å². The third-order valence-electron chi connectivity index (χ3n) is 3.48. The standard InChI is InChI=1S/C14H25N3O2S2/c1-11(2)15-9-5-6-10-21(18,19)17-14-16-12-7-3-4-8-13(12)20-14/h11,15H,3-10H2,1-2H3,(H,16,17). The fourth-order valence-electron chi connectivity index (χ4n) is 2.39. The van der Waals surface area contributed by atoms with E-state index in [-0.39, 0.29) is 5.75 Å². The average molecular weight is 332 g/mol. The zero-order valence-electron chi connectivity index (χ0n) is 12.8. The topological polar surface area (TPSA) is 71.1 Å². The van der Waals surface area contributed by atoms with E-state index in [9.17, 15) is 8.42 Å². The lowest BCUT2D eigenvalue weighted by Gasteiger charge is -2.08. The Labute approximate surface area is 131 Å². The summed E-state index contributed by atoms with van der Waals surface area (Å²) < 4.78 is 26.7. The highest BCUT2D eigenvalue weighted by atomic mass is 32.2. The SMILES string of the molecule is CC(C)NCCCCS(=O)(=O)Nc1nc2c(s1)CCCC2. The van der Waals surface area contributed by atoms with Gasteiger partial charge < -0.3 is 5.32 Å². The van der Waals surface area contributed by atoms with Crippen molar-refractivity contribution in [3.8, 4) is 0 Å². The fraction of sp³-hybridized carbons (Fsp3) is 0.786. The maximum Gasteiger partial charge on any atom is 0.234 e. The lowest BCUT2D eigenvalue weighted by atomic mass is 10.0. The van der Waals surface area contributed by atoms with Crippen molar-refractivity contribution in [1.29, 1.82) is 0 Å². The van der Waals surface area contributed by atoms with Crippen molar-refractivity contribution in [2.75, 3.05) is 17.0 Å². The van der Waals surface area contributed by atoms with Crippen LogP contribution in [0.1, 0.15) is 50.1 Å². The number of unbranched alkanes of at least 4 members (excludes halogenated alkanes) is 1. The summed E-state index contributed by atoms with van der Waals surface area (Å²) >= 11 is 1.50. The summed E-state index contributed by atoms with van der Waals surface area (Å²) in [6, 6.07) is 0.446. The molecule has 0 unspecified atom stereocenters. The van der Waals surface area contributed by atoms with Gasteiger partial charge in [0.2, 0.25) is 10.0 Å². The number of sulfonamides is 1. The lowest BCUT2D eigenvalue weighted by molar-refractivity contribution is 0.561. The van der Waals surface area contributed by atoms with Crippen molar-refractivity contribution in [3.05, 3.63) is 10.6 Å². The summed E-state index contributed by atoms with van der Waals surface area (Å²) in [6.07, 6.45) is 5.90. The predicted octanol–water partition coefficient (Wildman–Crippen LogP) is 2.54. The van der Waals surface area contributed by atoms with E-state index in [4.69, 9.17) is 0 Å². The highest BCUT2D eigenvalue weighted by Crippen LogP contribution is 2.30. The molecule has 0 atom stereocenters. The van der Waals surface area contributed by atoms with E-state index < -0.39 is 10.0 Å². The van der Waals surface area contributed by atoms with E-state index >= 15 is 0 Å². The molecule has 1 aromatic heterocycles. The fourth-order valence-corrected chi connectivity index (χ4v) is 4.83. The van der Waals surface area contributed by atoms with Crippen LogP contribution in [-0.2, 0) is 22.9 Å². The molecule has 21 heavy (non-hydrogen) atoms. The summed E-state index contributed by atoms with van der Waals surface area (Å²) in [5.74, 6) is 0.164. The molecule has 0 amide bonds. The number of anilines is 1. The molecular weight excluding hydrogens is 306 g/mol. The number of nitrogens with one attached hydrogen (secondary N) is 2. The number of fused-ring (bicyclic) bond motifs is 1. The van der Waals surface area contributed by atoms with Crippen molar-refractivity contribution in [2.45, 2.75) is 58.4 Å². The van der Waals surface area contributed by atoms with Crippen LogP contribution in [0.3, 0.4) is 0 Å². The third kappa shape index (κ3) is 5.56. The van der Waals surface area contributed by atoms with Crippen LogP contribution in [0.4, 0.5) is 5.13 Å². The molecule has 120 valence electrons. The minimum atomic E-state index is -3.26. The van der Waals surface area contributed by atoms with Crippen LogP contribution in [0, 0.1) is 0 Å². The van der Waals surface area contributed by atoms with Crippen LogP contribution >= 0.6 is 11.3 Å².